The zero-order valence-electron chi connectivity index (χ0n) is 16.8. The highest BCUT2D eigenvalue weighted by atomic mass is 35.5. The molecule has 2 N–H and O–H groups in total. The number of nitrogen functional groups attached to an aromatic ring is 1. The number of halogens is 2. The Morgan fingerprint density at radius 1 is 1.20 bits per heavy atom. The summed E-state index contributed by atoms with van der Waals surface area (Å²) in [5, 5.41) is 5.91. The van der Waals surface area contributed by atoms with Crippen LogP contribution in [0.4, 0.5) is 10.2 Å². The predicted molar refractivity (Wildman–Crippen MR) is 114 cm³/mol. The topological polar surface area (TPSA) is 91.7 Å². The quantitative estimate of drug-likeness (QED) is 0.482. The smallest absolute Gasteiger partial charge is 0.212 e. The van der Waals surface area contributed by atoms with E-state index in [1.54, 1.807) is 17.9 Å². The number of hydrogen-bond donors (Lipinski definition) is 1. The van der Waals surface area contributed by atoms with Gasteiger partial charge >= 0.3 is 0 Å². The van der Waals surface area contributed by atoms with Gasteiger partial charge in [0.05, 0.1) is 18.2 Å². The molecule has 0 amide bonds. The van der Waals surface area contributed by atoms with E-state index in [0.717, 1.165) is 33.3 Å². The third kappa shape index (κ3) is 3.43. The zero-order valence-corrected chi connectivity index (χ0v) is 17.5. The van der Waals surface area contributed by atoms with Crippen molar-refractivity contribution >= 4 is 28.5 Å². The Hall–Kier alpha value is -3.26. The van der Waals surface area contributed by atoms with Crippen LogP contribution in [0.25, 0.3) is 22.2 Å². The average Bonchev–Trinajstić information content (AvgIpc) is 3.06. The molecule has 0 unspecified atom stereocenters. The van der Waals surface area contributed by atoms with Crippen molar-refractivity contribution < 1.29 is 9.13 Å². The van der Waals surface area contributed by atoms with Crippen LogP contribution in [0.15, 0.2) is 30.7 Å². The highest BCUT2D eigenvalue weighted by Gasteiger charge is 2.19. The van der Waals surface area contributed by atoms with Crippen LogP contribution in [0.3, 0.4) is 0 Å². The van der Waals surface area contributed by atoms with Gasteiger partial charge in [-0.2, -0.15) is 9.49 Å². The number of benzene rings is 1. The summed E-state index contributed by atoms with van der Waals surface area (Å²) in [5.41, 5.74) is 10.7. The number of pyridine rings is 1. The molecule has 0 aliphatic carbocycles. The molecule has 30 heavy (non-hydrogen) atoms. The van der Waals surface area contributed by atoms with E-state index in [1.165, 1.54) is 18.6 Å². The second-order valence-electron chi connectivity index (χ2n) is 6.94. The number of anilines is 1. The van der Waals surface area contributed by atoms with Crippen molar-refractivity contribution in [2.24, 2.45) is 0 Å². The lowest BCUT2D eigenvalue weighted by atomic mass is 9.96. The fourth-order valence-corrected chi connectivity index (χ4v) is 3.89. The number of methoxy groups -OCH3 is 1. The minimum atomic E-state index is -0.542. The Balaban J connectivity index is 1.75. The summed E-state index contributed by atoms with van der Waals surface area (Å²) in [4.78, 5) is 12.1. The van der Waals surface area contributed by atoms with Crippen LogP contribution in [0, 0.1) is 19.8 Å². The zero-order chi connectivity index (χ0) is 21.4. The first-order chi connectivity index (χ1) is 14.4. The molecule has 3 heterocycles. The number of aromatic nitrogens is 5. The van der Waals surface area contributed by atoms with E-state index < -0.39 is 5.95 Å². The number of ether oxygens (including phenoxy) is 1. The fraction of sp³-hybridized carbons (Fsp3) is 0.238. The molecule has 0 radical (unpaired) electrons. The van der Waals surface area contributed by atoms with Crippen LogP contribution in [0.2, 0.25) is 5.02 Å². The van der Waals surface area contributed by atoms with Crippen LogP contribution < -0.4 is 10.5 Å². The second-order valence-corrected chi connectivity index (χ2v) is 7.34. The van der Waals surface area contributed by atoms with Crippen LogP contribution in [0.1, 0.15) is 16.8 Å². The lowest BCUT2D eigenvalue weighted by Gasteiger charge is -2.18. The van der Waals surface area contributed by atoms with Gasteiger partial charge in [0.15, 0.2) is 5.65 Å². The highest BCUT2D eigenvalue weighted by molar-refractivity contribution is 6.32. The molecule has 1 aromatic carbocycles. The number of fused-ring (bicyclic) bond motifs is 1. The van der Waals surface area contributed by atoms with Crippen molar-refractivity contribution in [2.75, 3.05) is 12.8 Å². The molecule has 0 spiro atoms. The number of rotatable bonds is 5. The Morgan fingerprint density at radius 3 is 2.70 bits per heavy atom. The van der Waals surface area contributed by atoms with Gasteiger partial charge in [-0.15, -0.1) is 0 Å². The maximum atomic E-state index is 13.3. The van der Waals surface area contributed by atoms with Gasteiger partial charge in [0, 0.05) is 28.9 Å². The van der Waals surface area contributed by atoms with Gasteiger partial charge in [-0.25, -0.2) is 19.6 Å². The molecular weight excluding hydrogens is 407 g/mol. The van der Waals surface area contributed by atoms with E-state index in [4.69, 9.17) is 22.1 Å². The Kier molecular flexibility index (Phi) is 5.26. The van der Waals surface area contributed by atoms with Crippen LogP contribution in [-0.4, -0.2) is 31.8 Å². The van der Waals surface area contributed by atoms with Gasteiger partial charge < -0.3 is 10.5 Å². The summed E-state index contributed by atoms with van der Waals surface area (Å²) >= 11 is 6.52. The van der Waals surface area contributed by atoms with Gasteiger partial charge in [-0.3, -0.25) is 0 Å². The van der Waals surface area contributed by atoms with Crippen molar-refractivity contribution in [3.63, 3.8) is 0 Å². The standard InChI is InChI=1S/C21H20ClFN6O/c1-11-15(22)8-13(19(30-3)17(11)14-4-5-16(23)25-9-14)6-7-29-21-18(12(2)28-29)20(24)26-10-27-21/h4-5,8-10H,6-7H2,1-3H3,(H2,24,26,27). The Labute approximate surface area is 177 Å². The molecule has 0 bridgehead atoms. The monoisotopic (exact) mass is 426 g/mol. The van der Waals surface area contributed by atoms with Gasteiger partial charge in [0.1, 0.15) is 17.9 Å². The van der Waals surface area contributed by atoms with Crippen molar-refractivity contribution in [1.82, 2.24) is 24.7 Å². The van der Waals surface area contributed by atoms with Crippen LogP contribution >= 0.6 is 11.6 Å². The lowest BCUT2D eigenvalue weighted by molar-refractivity contribution is 0.409. The normalized spacial score (nSPS) is 11.2. The Bertz CT molecular complexity index is 1240. The predicted octanol–water partition coefficient (Wildman–Crippen LogP) is 4.13. The van der Waals surface area contributed by atoms with E-state index in [2.05, 4.69) is 20.1 Å². The Morgan fingerprint density at radius 2 is 2.00 bits per heavy atom. The molecule has 4 aromatic rings. The molecular formula is C21H20ClFN6O. The average molecular weight is 427 g/mol. The largest absolute Gasteiger partial charge is 0.496 e. The van der Waals surface area contributed by atoms with E-state index in [1.807, 2.05) is 19.9 Å². The maximum Gasteiger partial charge on any atom is 0.212 e. The van der Waals surface area contributed by atoms with E-state index in [9.17, 15) is 4.39 Å². The molecule has 0 fully saturated rings. The molecule has 3 aromatic heterocycles. The minimum Gasteiger partial charge on any atom is -0.496 e. The highest BCUT2D eigenvalue weighted by Crippen LogP contribution is 2.40. The molecule has 0 saturated heterocycles. The van der Waals surface area contributed by atoms with E-state index >= 15 is 0 Å². The molecule has 0 atom stereocenters. The summed E-state index contributed by atoms with van der Waals surface area (Å²) in [5.74, 6) is 0.540. The van der Waals surface area contributed by atoms with E-state index in [0.29, 0.717) is 35.2 Å². The number of nitrogens with zero attached hydrogens (tertiary/aromatic N) is 5. The molecule has 0 saturated carbocycles. The summed E-state index contributed by atoms with van der Waals surface area (Å²) in [6, 6.07) is 4.87. The first-order valence-electron chi connectivity index (χ1n) is 9.32. The van der Waals surface area contributed by atoms with Crippen molar-refractivity contribution in [3.05, 3.63) is 58.5 Å². The SMILES string of the molecule is COc1c(CCn2nc(C)c3c(N)ncnc32)cc(Cl)c(C)c1-c1ccc(F)nc1. The van der Waals surface area contributed by atoms with Gasteiger partial charge in [-0.05, 0) is 49.6 Å². The third-order valence-electron chi connectivity index (χ3n) is 5.10. The lowest BCUT2D eigenvalue weighted by Crippen LogP contribution is -2.07. The summed E-state index contributed by atoms with van der Waals surface area (Å²) in [6.45, 7) is 4.32. The summed E-state index contributed by atoms with van der Waals surface area (Å²) in [7, 11) is 1.61. The fourth-order valence-electron chi connectivity index (χ4n) is 3.66. The van der Waals surface area contributed by atoms with Crippen LogP contribution in [-0.2, 0) is 13.0 Å². The molecule has 0 aliphatic rings. The molecule has 0 aliphatic heterocycles. The first-order valence-corrected chi connectivity index (χ1v) is 9.70. The van der Waals surface area contributed by atoms with Gasteiger partial charge in [0.2, 0.25) is 5.95 Å². The third-order valence-corrected chi connectivity index (χ3v) is 5.49. The second kappa shape index (κ2) is 7.87. The summed E-state index contributed by atoms with van der Waals surface area (Å²) in [6.07, 6.45) is 3.49. The molecule has 7 nitrogen and oxygen atoms in total. The molecule has 4 rings (SSSR count). The van der Waals surface area contributed by atoms with Gasteiger partial charge in [0.25, 0.3) is 0 Å². The molecule has 154 valence electrons. The molecule has 9 heteroatoms. The van der Waals surface area contributed by atoms with Crippen molar-refractivity contribution in [2.45, 2.75) is 26.8 Å². The van der Waals surface area contributed by atoms with Gasteiger partial charge in [-0.1, -0.05) is 11.6 Å². The van der Waals surface area contributed by atoms with Crippen molar-refractivity contribution in [1.29, 1.82) is 0 Å². The summed E-state index contributed by atoms with van der Waals surface area (Å²) < 4.78 is 20.9. The van der Waals surface area contributed by atoms with Crippen molar-refractivity contribution in [3.8, 4) is 16.9 Å². The number of hydrogen-bond acceptors (Lipinski definition) is 6. The van der Waals surface area contributed by atoms with E-state index in [-0.39, 0.29) is 0 Å². The maximum absolute atomic E-state index is 13.3. The van der Waals surface area contributed by atoms with Crippen LogP contribution in [0.5, 0.6) is 5.75 Å². The first kappa shape index (κ1) is 20.0. The number of nitrogens with two attached hydrogens (primary N) is 1. The number of aryl methyl sites for hydroxylation is 3. The minimum absolute atomic E-state index is 0.408.